The first-order valence-corrected chi connectivity index (χ1v) is 7.31. The van der Waals surface area contributed by atoms with E-state index in [2.05, 4.69) is 24.4 Å². The molecule has 0 radical (unpaired) electrons. The first-order valence-electron chi connectivity index (χ1n) is 7.31. The number of ketones is 1. The smallest absolute Gasteiger partial charge is 0.376 e. The molecule has 0 amide bonds. The van der Waals surface area contributed by atoms with Crippen molar-refractivity contribution in [3.8, 4) is 0 Å². The molecular formula is C15H24BClN2O2. The fraction of sp³-hybridized carbons (Fsp3) is 0.533. The minimum absolute atomic E-state index is 0. The summed E-state index contributed by atoms with van der Waals surface area (Å²) in [4.78, 5) is 13.8. The van der Waals surface area contributed by atoms with Gasteiger partial charge >= 0.3 is 7.05 Å². The first kappa shape index (κ1) is 18.2. The average Bonchev–Trinajstić information content (AvgIpc) is 2.84. The second-order valence-electron chi connectivity index (χ2n) is 5.86. The summed E-state index contributed by atoms with van der Waals surface area (Å²) >= 11 is 0. The van der Waals surface area contributed by atoms with Crippen LogP contribution >= 0.6 is 0 Å². The molecule has 116 valence electrons. The predicted molar refractivity (Wildman–Crippen MR) is 80.2 cm³/mol. The van der Waals surface area contributed by atoms with Crippen LogP contribution in [-0.4, -0.2) is 41.8 Å². The number of carbonyl (C=O) groups excluding carboxylic acids is 1. The zero-order valence-corrected chi connectivity index (χ0v) is 13.6. The SMILES string of the molecule is CB(O)N1CC([NH2+][C@H](C)c2ccccc2)[C@H](C(C)=O)C1.[Cl-]. The van der Waals surface area contributed by atoms with E-state index in [1.54, 1.807) is 13.7 Å². The number of benzene rings is 1. The molecule has 1 heterocycles. The number of rotatable bonds is 5. The number of hydrogen-bond donors (Lipinski definition) is 2. The molecule has 1 unspecified atom stereocenters. The number of hydrogen-bond acceptors (Lipinski definition) is 3. The van der Waals surface area contributed by atoms with Gasteiger partial charge in [0.15, 0.2) is 0 Å². The van der Waals surface area contributed by atoms with E-state index in [4.69, 9.17) is 0 Å². The molecule has 1 saturated heterocycles. The number of nitrogens with zero attached hydrogens (tertiary/aromatic N) is 1. The van der Waals surface area contributed by atoms with Gasteiger partial charge in [0, 0.05) is 18.7 Å². The van der Waals surface area contributed by atoms with Gasteiger partial charge < -0.3 is 27.6 Å². The molecule has 3 N–H and O–H groups in total. The van der Waals surface area contributed by atoms with Crippen molar-refractivity contribution in [2.75, 3.05) is 13.1 Å². The van der Waals surface area contributed by atoms with Gasteiger partial charge in [-0.3, -0.25) is 4.79 Å². The molecule has 1 fully saturated rings. The van der Waals surface area contributed by atoms with E-state index < -0.39 is 7.05 Å². The standard InChI is InChI=1S/C15H23BN2O2.ClH/c1-11(13-7-5-4-6-8-13)17-15-10-18(16(3)20)9-14(15)12(2)19;/h4-8,11,14-15,17,20H,9-10H2,1-3H3;1H/t11-,14+,15?;/m1./s1. The molecule has 0 spiro atoms. The average molecular weight is 311 g/mol. The van der Waals surface area contributed by atoms with Gasteiger partial charge in [-0.25, -0.2) is 0 Å². The van der Waals surface area contributed by atoms with E-state index in [1.165, 1.54) is 5.56 Å². The summed E-state index contributed by atoms with van der Waals surface area (Å²) in [6, 6.07) is 10.9. The fourth-order valence-corrected chi connectivity index (χ4v) is 3.03. The number of halogens is 1. The maximum absolute atomic E-state index is 11.8. The second kappa shape index (κ2) is 7.94. The van der Waals surface area contributed by atoms with Gasteiger partial charge in [-0.2, -0.15) is 0 Å². The van der Waals surface area contributed by atoms with Crippen molar-refractivity contribution >= 4 is 12.8 Å². The quantitative estimate of drug-likeness (QED) is 0.583. The van der Waals surface area contributed by atoms with Crippen molar-refractivity contribution in [1.29, 1.82) is 0 Å². The van der Waals surface area contributed by atoms with Crippen LogP contribution < -0.4 is 17.7 Å². The van der Waals surface area contributed by atoms with Crippen molar-refractivity contribution in [2.24, 2.45) is 5.92 Å². The van der Waals surface area contributed by atoms with E-state index in [-0.39, 0.29) is 30.2 Å². The molecular weight excluding hydrogens is 286 g/mol. The summed E-state index contributed by atoms with van der Waals surface area (Å²) in [5.41, 5.74) is 1.27. The van der Waals surface area contributed by atoms with Crippen molar-refractivity contribution < 1.29 is 27.5 Å². The molecule has 0 bridgehead atoms. The Bertz CT molecular complexity index is 458. The van der Waals surface area contributed by atoms with Gasteiger partial charge in [-0.05, 0) is 20.7 Å². The highest BCUT2D eigenvalue weighted by Crippen LogP contribution is 2.18. The normalized spacial score (nSPS) is 23.4. The number of quaternary nitrogens is 1. The molecule has 1 aliphatic heterocycles. The largest absolute Gasteiger partial charge is 1.00 e. The molecule has 6 heteroatoms. The van der Waals surface area contributed by atoms with Crippen molar-refractivity contribution in [3.63, 3.8) is 0 Å². The van der Waals surface area contributed by atoms with Crippen molar-refractivity contribution in [1.82, 2.24) is 4.81 Å². The summed E-state index contributed by atoms with van der Waals surface area (Å²) in [5, 5.41) is 12.0. The molecule has 0 aliphatic carbocycles. The zero-order chi connectivity index (χ0) is 14.7. The number of Topliss-reactive ketones (excluding diaryl/α,β-unsaturated/α-hetero) is 1. The second-order valence-corrected chi connectivity index (χ2v) is 5.86. The van der Waals surface area contributed by atoms with Crippen LogP contribution in [0.25, 0.3) is 0 Å². The molecule has 1 aromatic carbocycles. The van der Waals surface area contributed by atoms with Crippen LogP contribution in [0.15, 0.2) is 30.3 Å². The van der Waals surface area contributed by atoms with Crippen LogP contribution in [0, 0.1) is 5.92 Å². The Morgan fingerprint density at radius 3 is 2.52 bits per heavy atom. The third-order valence-corrected chi connectivity index (χ3v) is 4.31. The molecule has 0 saturated carbocycles. The maximum Gasteiger partial charge on any atom is 0.376 e. The molecule has 21 heavy (non-hydrogen) atoms. The van der Waals surface area contributed by atoms with Crippen LogP contribution in [0.3, 0.4) is 0 Å². The topological polar surface area (TPSA) is 57.1 Å². The Balaban J connectivity index is 0.00000220. The molecule has 4 nitrogen and oxygen atoms in total. The van der Waals surface area contributed by atoms with Crippen molar-refractivity contribution in [3.05, 3.63) is 35.9 Å². The summed E-state index contributed by atoms with van der Waals surface area (Å²) in [6.45, 7) is 7.01. The molecule has 1 aromatic rings. The van der Waals surface area contributed by atoms with E-state index in [1.807, 2.05) is 23.0 Å². The van der Waals surface area contributed by atoms with E-state index in [9.17, 15) is 9.82 Å². The lowest BCUT2D eigenvalue weighted by atomic mass is 9.86. The minimum atomic E-state index is -0.484. The third-order valence-electron chi connectivity index (χ3n) is 4.31. The van der Waals surface area contributed by atoms with Gasteiger partial charge in [0.05, 0.1) is 5.92 Å². The monoisotopic (exact) mass is 310 g/mol. The van der Waals surface area contributed by atoms with Gasteiger partial charge in [0.25, 0.3) is 0 Å². The fourth-order valence-electron chi connectivity index (χ4n) is 3.03. The zero-order valence-electron chi connectivity index (χ0n) is 12.9. The molecule has 1 aliphatic rings. The first-order chi connectivity index (χ1) is 9.49. The Labute approximate surface area is 133 Å². The van der Waals surface area contributed by atoms with E-state index in [0.717, 1.165) is 6.54 Å². The highest BCUT2D eigenvalue weighted by atomic mass is 35.5. The van der Waals surface area contributed by atoms with E-state index >= 15 is 0 Å². The number of nitrogens with two attached hydrogens (primary N) is 1. The van der Waals surface area contributed by atoms with Crippen LogP contribution in [0.4, 0.5) is 0 Å². The summed E-state index contributed by atoms with van der Waals surface area (Å²) < 4.78 is 0. The Morgan fingerprint density at radius 2 is 2.00 bits per heavy atom. The third kappa shape index (κ3) is 4.55. The Morgan fingerprint density at radius 1 is 1.38 bits per heavy atom. The summed E-state index contributed by atoms with van der Waals surface area (Å²) in [7, 11) is -0.484. The maximum atomic E-state index is 11.8. The van der Waals surface area contributed by atoms with Crippen molar-refractivity contribution in [2.45, 2.75) is 32.8 Å². The van der Waals surface area contributed by atoms with Crippen LogP contribution in [0.2, 0.25) is 6.82 Å². The van der Waals surface area contributed by atoms with Gasteiger partial charge in [0.2, 0.25) is 0 Å². The molecule has 2 rings (SSSR count). The lowest BCUT2D eigenvalue weighted by Gasteiger charge is -2.20. The van der Waals surface area contributed by atoms with Crippen LogP contribution in [-0.2, 0) is 4.79 Å². The summed E-state index contributed by atoms with van der Waals surface area (Å²) in [5.74, 6) is 0.227. The Kier molecular flexibility index (Phi) is 6.87. The highest BCUT2D eigenvalue weighted by Gasteiger charge is 2.41. The lowest BCUT2D eigenvalue weighted by Crippen LogP contribution is -3.00. The van der Waals surface area contributed by atoms with Crippen LogP contribution in [0.1, 0.15) is 25.5 Å². The van der Waals surface area contributed by atoms with Crippen LogP contribution in [0.5, 0.6) is 0 Å². The van der Waals surface area contributed by atoms with Gasteiger partial charge in [-0.1, -0.05) is 30.3 Å². The summed E-state index contributed by atoms with van der Waals surface area (Å²) in [6.07, 6.45) is 0. The highest BCUT2D eigenvalue weighted by molar-refractivity contribution is 6.45. The van der Waals surface area contributed by atoms with E-state index in [0.29, 0.717) is 12.6 Å². The lowest BCUT2D eigenvalue weighted by molar-refractivity contribution is -0.725. The molecule has 3 atom stereocenters. The Hall–Kier alpha value is -0.875. The minimum Gasteiger partial charge on any atom is -1.00 e. The predicted octanol–water partition coefficient (Wildman–Crippen LogP) is -2.69. The number of carbonyl (C=O) groups is 1. The van der Waals surface area contributed by atoms with Gasteiger partial charge in [0.1, 0.15) is 17.9 Å². The molecule has 0 aromatic heterocycles. The van der Waals surface area contributed by atoms with Gasteiger partial charge in [-0.15, -0.1) is 0 Å².